The van der Waals surface area contributed by atoms with Gasteiger partial charge in [0, 0.05) is 6.54 Å². The highest BCUT2D eigenvalue weighted by atomic mass is 16.4. The van der Waals surface area contributed by atoms with Gasteiger partial charge in [0.2, 0.25) is 5.91 Å². The van der Waals surface area contributed by atoms with E-state index in [2.05, 4.69) is 15.6 Å². The highest BCUT2D eigenvalue weighted by Gasteiger charge is 2.11. The van der Waals surface area contributed by atoms with Crippen LogP contribution in [0.1, 0.15) is 23.7 Å². The van der Waals surface area contributed by atoms with E-state index in [0.29, 0.717) is 17.6 Å². The summed E-state index contributed by atoms with van der Waals surface area (Å²) in [6.45, 7) is 2.59. The number of nitrogens with zero attached hydrogens (tertiary/aromatic N) is 3. The molecule has 1 heterocycles. The Balaban J connectivity index is 2.25. The number of carbonyl (C=O) groups is 2. The van der Waals surface area contributed by atoms with Crippen LogP contribution in [0.25, 0.3) is 11.0 Å². The third-order valence-corrected chi connectivity index (χ3v) is 2.63. The lowest BCUT2D eigenvalue weighted by atomic mass is 10.2. The minimum atomic E-state index is -1.02. The molecule has 0 aliphatic rings. The highest BCUT2D eigenvalue weighted by Crippen LogP contribution is 2.13. The molecule has 2 N–H and O–H groups in total. The first kappa shape index (κ1) is 13.0. The van der Waals surface area contributed by atoms with Crippen molar-refractivity contribution in [3.63, 3.8) is 0 Å². The van der Waals surface area contributed by atoms with Crippen molar-refractivity contribution in [2.75, 3.05) is 6.54 Å². The van der Waals surface area contributed by atoms with Crippen molar-refractivity contribution in [3.8, 4) is 0 Å². The summed E-state index contributed by atoms with van der Waals surface area (Å²) in [6, 6.07) is 4.50. The Hall–Kier alpha value is -2.44. The molecule has 0 aliphatic heterocycles. The molecule has 0 spiro atoms. The molecule has 0 saturated heterocycles. The summed E-state index contributed by atoms with van der Waals surface area (Å²) < 4.78 is 1.40. The topological polar surface area (TPSA) is 97.1 Å². The van der Waals surface area contributed by atoms with Crippen molar-refractivity contribution >= 4 is 22.9 Å². The van der Waals surface area contributed by atoms with Crippen LogP contribution in [0, 0.1) is 0 Å². The van der Waals surface area contributed by atoms with E-state index in [4.69, 9.17) is 5.11 Å². The smallest absolute Gasteiger partial charge is 0.335 e. The van der Waals surface area contributed by atoms with Crippen LogP contribution >= 0.6 is 0 Å². The summed E-state index contributed by atoms with van der Waals surface area (Å²) in [7, 11) is 0. The maximum atomic E-state index is 11.6. The number of carbonyl (C=O) groups excluding carboxylic acids is 1. The van der Waals surface area contributed by atoms with E-state index in [0.717, 1.165) is 6.42 Å². The highest BCUT2D eigenvalue weighted by molar-refractivity contribution is 5.92. The average molecular weight is 262 g/mol. The van der Waals surface area contributed by atoms with Crippen LogP contribution in [-0.4, -0.2) is 38.5 Å². The standard InChI is InChI=1S/C12H14N4O3/c1-2-5-13-11(17)7-16-10-6-8(12(18)19)3-4-9(10)14-15-16/h3-4,6H,2,5,7H2,1H3,(H,13,17)(H,18,19). The van der Waals surface area contributed by atoms with E-state index in [9.17, 15) is 9.59 Å². The van der Waals surface area contributed by atoms with Gasteiger partial charge in [0.1, 0.15) is 12.1 Å². The number of hydrogen-bond acceptors (Lipinski definition) is 4. The number of fused-ring (bicyclic) bond motifs is 1. The van der Waals surface area contributed by atoms with Crippen molar-refractivity contribution in [3.05, 3.63) is 23.8 Å². The first-order chi connectivity index (χ1) is 9.11. The summed E-state index contributed by atoms with van der Waals surface area (Å²) in [5.74, 6) is -1.19. The molecule has 19 heavy (non-hydrogen) atoms. The van der Waals surface area contributed by atoms with Crippen LogP contribution in [-0.2, 0) is 11.3 Å². The molecule has 1 amide bonds. The largest absolute Gasteiger partial charge is 0.478 e. The second kappa shape index (κ2) is 5.47. The van der Waals surface area contributed by atoms with E-state index < -0.39 is 5.97 Å². The van der Waals surface area contributed by atoms with Gasteiger partial charge in [-0.2, -0.15) is 0 Å². The third kappa shape index (κ3) is 2.87. The van der Waals surface area contributed by atoms with E-state index in [1.807, 2.05) is 6.92 Å². The van der Waals surface area contributed by atoms with E-state index in [1.165, 1.54) is 16.8 Å². The molecular formula is C12H14N4O3. The number of carboxylic acid groups (broad SMARTS) is 1. The van der Waals surface area contributed by atoms with E-state index in [1.54, 1.807) is 6.07 Å². The fraction of sp³-hybridized carbons (Fsp3) is 0.333. The number of benzene rings is 1. The summed E-state index contributed by atoms with van der Waals surface area (Å²) in [6.07, 6.45) is 0.854. The quantitative estimate of drug-likeness (QED) is 0.824. The minimum absolute atomic E-state index is 0.0274. The van der Waals surface area contributed by atoms with Crippen LogP contribution in [0.15, 0.2) is 18.2 Å². The number of aromatic nitrogens is 3. The van der Waals surface area contributed by atoms with Gasteiger partial charge in [0.05, 0.1) is 11.1 Å². The molecule has 1 aromatic carbocycles. The summed E-state index contributed by atoms with van der Waals surface area (Å²) in [4.78, 5) is 22.5. The Morgan fingerprint density at radius 2 is 2.21 bits per heavy atom. The van der Waals surface area contributed by atoms with Gasteiger partial charge in [-0.3, -0.25) is 4.79 Å². The molecule has 0 aliphatic carbocycles. The Bertz CT molecular complexity index is 620. The maximum absolute atomic E-state index is 11.6. The second-order valence-corrected chi connectivity index (χ2v) is 4.11. The summed E-state index contributed by atoms with van der Waals surface area (Å²) in [5.41, 5.74) is 1.24. The van der Waals surface area contributed by atoms with Crippen LogP contribution in [0.2, 0.25) is 0 Å². The second-order valence-electron chi connectivity index (χ2n) is 4.11. The van der Waals surface area contributed by atoms with Gasteiger partial charge in [0.15, 0.2) is 0 Å². The Morgan fingerprint density at radius 1 is 1.42 bits per heavy atom. The van der Waals surface area contributed by atoms with Gasteiger partial charge >= 0.3 is 5.97 Å². The van der Waals surface area contributed by atoms with Crippen LogP contribution in [0.3, 0.4) is 0 Å². The monoisotopic (exact) mass is 262 g/mol. The minimum Gasteiger partial charge on any atom is -0.478 e. The van der Waals surface area contributed by atoms with Gasteiger partial charge in [-0.1, -0.05) is 12.1 Å². The lowest BCUT2D eigenvalue weighted by molar-refractivity contribution is -0.121. The Morgan fingerprint density at radius 3 is 2.89 bits per heavy atom. The van der Waals surface area contributed by atoms with Crippen molar-refractivity contribution in [2.24, 2.45) is 0 Å². The predicted octanol–water partition coefficient (Wildman–Crippen LogP) is 0.656. The Kier molecular flexibility index (Phi) is 3.74. The maximum Gasteiger partial charge on any atom is 0.335 e. The lowest BCUT2D eigenvalue weighted by Crippen LogP contribution is -2.28. The molecule has 7 heteroatoms. The van der Waals surface area contributed by atoms with Gasteiger partial charge < -0.3 is 10.4 Å². The zero-order chi connectivity index (χ0) is 13.8. The average Bonchev–Trinajstić information content (AvgIpc) is 2.78. The zero-order valence-corrected chi connectivity index (χ0v) is 10.5. The molecule has 0 bridgehead atoms. The van der Waals surface area contributed by atoms with Crippen molar-refractivity contribution < 1.29 is 14.7 Å². The number of carboxylic acids is 1. The van der Waals surface area contributed by atoms with Gasteiger partial charge in [0.25, 0.3) is 0 Å². The summed E-state index contributed by atoms with van der Waals surface area (Å²) in [5, 5.41) is 19.4. The fourth-order valence-corrected chi connectivity index (χ4v) is 1.67. The van der Waals surface area contributed by atoms with Crippen LogP contribution < -0.4 is 5.32 Å². The molecule has 1 aromatic heterocycles. The molecule has 100 valence electrons. The van der Waals surface area contributed by atoms with Crippen LogP contribution in [0.4, 0.5) is 0 Å². The molecular weight excluding hydrogens is 248 g/mol. The number of rotatable bonds is 5. The van der Waals surface area contributed by atoms with Crippen molar-refractivity contribution in [2.45, 2.75) is 19.9 Å². The van der Waals surface area contributed by atoms with Gasteiger partial charge in [-0.05, 0) is 24.6 Å². The first-order valence-corrected chi connectivity index (χ1v) is 5.95. The lowest BCUT2D eigenvalue weighted by Gasteiger charge is -2.04. The first-order valence-electron chi connectivity index (χ1n) is 5.95. The zero-order valence-electron chi connectivity index (χ0n) is 10.5. The normalized spacial score (nSPS) is 10.6. The molecule has 0 radical (unpaired) electrons. The van der Waals surface area contributed by atoms with E-state index in [-0.39, 0.29) is 18.0 Å². The fourth-order valence-electron chi connectivity index (χ4n) is 1.67. The van der Waals surface area contributed by atoms with Gasteiger partial charge in [-0.15, -0.1) is 5.10 Å². The molecule has 0 unspecified atom stereocenters. The molecule has 0 atom stereocenters. The Labute approximate surface area is 109 Å². The third-order valence-electron chi connectivity index (χ3n) is 2.63. The molecule has 0 saturated carbocycles. The molecule has 2 aromatic rings. The number of hydrogen-bond donors (Lipinski definition) is 2. The summed E-state index contributed by atoms with van der Waals surface area (Å²) >= 11 is 0. The SMILES string of the molecule is CCCNC(=O)Cn1nnc2ccc(C(=O)O)cc21. The number of nitrogens with one attached hydrogen (secondary N) is 1. The van der Waals surface area contributed by atoms with E-state index >= 15 is 0 Å². The van der Waals surface area contributed by atoms with Gasteiger partial charge in [-0.25, -0.2) is 9.48 Å². The molecule has 2 rings (SSSR count). The number of aromatic carboxylic acids is 1. The molecule has 0 fully saturated rings. The van der Waals surface area contributed by atoms with Crippen LogP contribution in [0.5, 0.6) is 0 Å². The molecule has 7 nitrogen and oxygen atoms in total. The van der Waals surface area contributed by atoms with Crippen molar-refractivity contribution in [1.82, 2.24) is 20.3 Å². The predicted molar refractivity (Wildman–Crippen MR) is 67.8 cm³/mol. The number of amides is 1. The van der Waals surface area contributed by atoms with Crippen molar-refractivity contribution in [1.29, 1.82) is 0 Å².